The first-order chi connectivity index (χ1) is 12.3. The normalized spacial score (nSPS) is 16.0. The van der Waals surface area contributed by atoms with Crippen LogP contribution in [-0.2, 0) is 4.79 Å². The van der Waals surface area contributed by atoms with Gasteiger partial charge in [-0.15, -0.1) is 6.58 Å². The summed E-state index contributed by atoms with van der Waals surface area (Å²) in [4.78, 5) is 26.1. The lowest BCUT2D eigenvalue weighted by atomic mass is 10.1. The van der Waals surface area contributed by atoms with E-state index < -0.39 is 0 Å². The lowest BCUT2D eigenvalue weighted by molar-refractivity contribution is -0.122. The summed E-state index contributed by atoms with van der Waals surface area (Å²) in [5.74, 6) is -0.253. The summed E-state index contributed by atoms with van der Waals surface area (Å²) in [5, 5.41) is -0.246. The summed E-state index contributed by atoms with van der Waals surface area (Å²) in [7, 11) is 0. The highest BCUT2D eigenvalue weighted by Crippen LogP contribution is 2.34. The van der Waals surface area contributed by atoms with Crippen LogP contribution in [0, 0.1) is 27.7 Å². The Morgan fingerprint density at radius 3 is 2.38 bits per heavy atom. The molecule has 1 aliphatic rings. The smallest absolute Gasteiger partial charge is 0.293 e. The summed E-state index contributed by atoms with van der Waals surface area (Å²) in [5.41, 5.74) is 6.66. The molecule has 2 aromatic rings. The van der Waals surface area contributed by atoms with E-state index in [-0.39, 0.29) is 17.7 Å². The molecule has 0 bridgehead atoms. The summed E-state index contributed by atoms with van der Waals surface area (Å²) in [6.07, 6.45) is 3.38. The number of benzene rings is 1. The molecule has 5 heteroatoms. The van der Waals surface area contributed by atoms with Gasteiger partial charge < -0.3 is 4.57 Å². The van der Waals surface area contributed by atoms with Crippen molar-refractivity contribution in [3.8, 4) is 5.69 Å². The van der Waals surface area contributed by atoms with E-state index in [0.29, 0.717) is 4.91 Å². The minimum atomic E-state index is -0.253. The van der Waals surface area contributed by atoms with Crippen LogP contribution in [0.3, 0.4) is 0 Å². The SMILES string of the molecule is C=CCN1C(=O)S/C(=C/c2cc(C)n(-c3c(C)cccc3C)c2C)C1=O. The molecule has 0 aliphatic carbocycles. The molecular weight excluding hydrogens is 344 g/mol. The fourth-order valence-corrected chi connectivity index (χ4v) is 4.20. The van der Waals surface area contributed by atoms with Gasteiger partial charge in [-0.3, -0.25) is 14.5 Å². The highest BCUT2D eigenvalue weighted by Gasteiger charge is 2.34. The van der Waals surface area contributed by atoms with Gasteiger partial charge in [0.05, 0.1) is 10.6 Å². The Labute approximate surface area is 158 Å². The number of carbonyl (C=O) groups is 2. The summed E-state index contributed by atoms with van der Waals surface area (Å²) >= 11 is 0.984. The zero-order valence-electron chi connectivity index (χ0n) is 15.5. The zero-order chi connectivity index (χ0) is 19.0. The third-order valence-corrected chi connectivity index (χ3v) is 5.51. The van der Waals surface area contributed by atoms with Crippen LogP contribution in [0.1, 0.15) is 28.1 Å². The molecule has 1 fully saturated rings. The van der Waals surface area contributed by atoms with Crippen LogP contribution >= 0.6 is 11.8 Å². The van der Waals surface area contributed by atoms with Gasteiger partial charge in [0.25, 0.3) is 11.1 Å². The largest absolute Gasteiger partial charge is 0.317 e. The van der Waals surface area contributed by atoms with Crippen molar-refractivity contribution in [2.45, 2.75) is 27.7 Å². The molecule has 2 amide bonds. The van der Waals surface area contributed by atoms with Crippen molar-refractivity contribution in [2.24, 2.45) is 0 Å². The van der Waals surface area contributed by atoms with E-state index in [1.807, 2.05) is 13.0 Å². The van der Waals surface area contributed by atoms with Crippen LogP contribution in [0.5, 0.6) is 0 Å². The fourth-order valence-electron chi connectivity index (χ4n) is 3.36. The topological polar surface area (TPSA) is 42.3 Å². The van der Waals surface area contributed by atoms with Crippen molar-refractivity contribution in [1.82, 2.24) is 9.47 Å². The average molecular weight is 366 g/mol. The quantitative estimate of drug-likeness (QED) is 0.569. The monoisotopic (exact) mass is 366 g/mol. The molecule has 1 saturated heterocycles. The lowest BCUT2D eigenvalue weighted by Crippen LogP contribution is -2.27. The minimum Gasteiger partial charge on any atom is -0.317 e. The van der Waals surface area contributed by atoms with Gasteiger partial charge in [-0.05, 0) is 68.3 Å². The molecule has 26 heavy (non-hydrogen) atoms. The van der Waals surface area contributed by atoms with E-state index in [0.717, 1.165) is 28.7 Å². The maximum absolute atomic E-state index is 12.5. The van der Waals surface area contributed by atoms with Crippen molar-refractivity contribution in [3.05, 3.63) is 69.9 Å². The van der Waals surface area contributed by atoms with Crippen LogP contribution in [-0.4, -0.2) is 27.2 Å². The Morgan fingerprint density at radius 1 is 1.12 bits per heavy atom. The number of hydrogen-bond acceptors (Lipinski definition) is 3. The molecule has 0 saturated carbocycles. The summed E-state index contributed by atoms with van der Waals surface area (Å²) in [6.45, 7) is 12.1. The molecule has 0 unspecified atom stereocenters. The third-order valence-electron chi connectivity index (χ3n) is 4.61. The zero-order valence-corrected chi connectivity index (χ0v) is 16.3. The Hall–Kier alpha value is -2.53. The highest BCUT2D eigenvalue weighted by atomic mass is 32.2. The van der Waals surface area contributed by atoms with E-state index in [4.69, 9.17) is 0 Å². The minimum absolute atomic E-state index is 0.240. The van der Waals surface area contributed by atoms with Gasteiger partial charge in [0.15, 0.2) is 0 Å². The van der Waals surface area contributed by atoms with Gasteiger partial charge in [0, 0.05) is 17.9 Å². The molecule has 0 radical (unpaired) electrons. The number of thioether (sulfide) groups is 1. The summed E-state index contributed by atoms with van der Waals surface area (Å²) < 4.78 is 2.21. The van der Waals surface area contributed by atoms with E-state index in [1.54, 1.807) is 6.08 Å². The Balaban J connectivity index is 2.06. The highest BCUT2D eigenvalue weighted by molar-refractivity contribution is 8.18. The van der Waals surface area contributed by atoms with Crippen LogP contribution in [0.15, 0.2) is 41.8 Å². The van der Waals surface area contributed by atoms with E-state index in [9.17, 15) is 9.59 Å². The molecule has 1 aliphatic heterocycles. The van der Waals surface area contributed by atoms with Gasteiger partial charge in [-0.2, -0.15) is 0 Å². The van der Waals surface area contributed by atoms with Crippen LogP contribution in [0.4, 0.5) is 4.79 Å². The molecule has 3 rings (SSSR count). The van der Waals surface area contributed by atoms with Crippen LogP contribution in [0.2, 0.25) is 0 Å². The van der Waals surface area contributed by atoms with Gasteiger partial charge in [-0.25, -0.2) is 0 Å². The van der Waals surface area contributed by atoms with Gasteiger partial charge in [-0.1, -0.05) is 24.3 Å². The first-order valence-corrected chi connectivity index (χ1v) is 9.28. The standard InChI is InChI=1S/C21H22N2O2S/c1-6-10-22-20(24)18(26-21(22)25)12-17-11-15(4)23(16(17)5)19-13(2)8-7-9-14(19)3/h6-9,11-12H,1,10H2,2-5H3/b18-12+. The number of aromatic nitrogens is 1. The number of amides is 2. The molecule has 0 atom stereocenters. The number of imide groups is 1. The van der Waals surface area contributed by atoms with Gasteiger partial charge in [0.1, 0.15) is 0 Å². The number of carbonyl (C=O) groups excluding carboxylic acids is 2. The third kappa shape index (κ3) is 3.03. The van der Waals surface area contributed by atoms with Crippen LogP contribution in [0.25, 0.3) is 11.8 Å². The molecule has 1 aromatic carbocycles. The number of rotatable bonds is 4. The Morgan fingerprint density at radius 2 is 1.77 bits per heavy atom. The molecule has 2 heterocycles. The van der Waals surface area contributed by atoms with E-state index >= 15 is 0 Å². The first-order valence-electron chi connectivity index (χ1n) is 8.47. The summed E-state index contributed by atoms with van der Waals surface area (Å²) in [6, 6.07) is 8.31. The van der Waals surface area contributed by atoms with E-state index in [1.165, 1.54) is 21.7 Å². The molecule has 134 valence electrons. The van der Waals surface area contributed by atoms with Crippen molar-refractivity contribution in [1.29, 1.82) is 0 Å². The lowest BCUT2D eigenvalue weighted by Gasteiger charge is -2.15. The molecule has 1 aromatic heterocycles. The molecule has 0 N–H and O–H groups in total. The predicted octanol–water partition coefficient (Wildman–Crippen LogP) is 4.93. The maximum atomic E-state index is 12.5. The van der Waals surface area contributed by atoms with Gasteiger partial charge in [0.2, 0.25) is 0 Å². The molecule has 0 spiro atoms. The maximum Gasteiger partial charge on any atom is 0.293 e. The Kier molecular flexibility index (Phi) is 4.92. The second kappa shape index (κ2) is 7.00. The van der Waals surface area contributed by atoms with Gasteiger partial charge >= 0.3 is 0 Å². The predicted molar refractivity (Wildman–Crippen MR) is 108 cm³/mol. The number of para-hydroxylation sites is 1. The molecular formula is C21H22N2O2S. The van der Waals surface area contributed by atoms with Crippen molar-refractivity contribution in [2.75, 3.05) is 6.54 Å². The second-order valence-corrected chi connectivity index (χ2v) is 7.48. The Bertz CT molecular complexity index is 933. The van der Waals surface area contributed by atoms with Crippen molar-refractivity contribution in [3.63, 3.8) is 0 Å². The number of hydrogen-bond donors (Lipinski definition) is 0. The first kappa shape index (κ1) is 18.3. The molecule has 4 nitrogen and oxygen atoms in total. The van der Waals surface area contributed by atoms with Crippen LogP contribution < -0.4 is 0 Å². The second-order valence-electron chi connectivity index (χ2n) is 6.48. The van der Waals surface area contributed by atoms with E-state index in [2.05, 4.69) is 56.2 Å². The van der Waals surface area contributed by atoms with Crippen molar-refractivity contribution >= 4 is 29.0 Å². The number of aryl methyl sites for hydroxylation is 3. The number of nitrogens with zero attached hydrogens (tertiary/aromatic N) is 2. The average Bonchev–Trinajstić information content (AvgIpc) is 3.00. The van der Waals surface area contributed by atoms with Crippen molar-refractivity contribution < 1.29 is 9.59 Å². The fraction of sp³-hybridized carbons (Fsp3) is 0.238.